The Bertz CT molecular complexity index is 1250. The average molecular weight is 464 g/mol. The van der Waals surface area contributed by atoms with E-state index in [2.05, 4.69) is 15.5 Å². The van der Waals surface area contributed by atoms with Crippen LogP contribution >= 0.6 is 11.8 Å². The van der Waals surface area contributed by atoms with E-state index < -0.39 is 4.92 Å². The van der Waals surface area contributed by atoms with Crippen LogP contribution in [0.25, 0.3) is 11.4 Å². The van der Waals surface area contributed by atoms with E-state index in [0.717, 1.165) is 11.1 Å². The molecule has 4 aromatic rings. The number of carbonyl (C=O) groups excluding carboxylic acids is 1. The highest BCUT2D eigenvalue weighted by atomic mass is 32.2. The zero-order chi connectivity index (χ0) is 23.2. The van der Waals surface area contributed by atoms with Crippen molar-refractivity contribution < 1.29 is 14.1 Å². The Morgan fingerprint density at radius 2 is 1.91 bits per heavy atom. The Balaban J connectivity index is 1.48. The van der Waals surface area contributed by atoms with E-state index in [1.165, 1.54) is 23.9 Å². The van der Waals surface area contributed by atoms with Crippen molar-refractivity contribution in [2.75, 3.05) is 0 Å². The van der Waals surface area contributed by atoms with Crippen LogP contribution in [0.15, 0.2) is 76.5 Å². The minimum Gasteiger partial charge on any atom is -0.467 e. The van der Waals surface area contributed by atoms with Gasteiger partial charge < -0.3 is 14.3 Å². The molecule has 10 heteroatoms. The molecule has 2 aromatic carbocycles. The summed E-state index contributed by atoms with van der Waals surface area (Å²) in [5.74, 6) is 1.68. The topological polar surface area (TPSA) is 116 Å². The molecule has 168 valence electrons. The zero-order valence-electron chi connectivity index (χ0n) is 17.8. The molecule has 2 aromatic heterocycles. The number of nitrogens with zero attached hydrogens (tertiary/aromatic N) is 4. The minimum absolute atomic E-state index is 0.0258. The lowest BCUT2D eigenvalue weighted by atomic mass is 10.1. The Morgan fingerprint density at radius 1 is 1.12 bits per heavy atom. The predicted molar refractivity (Wildman–Crippen MR) is 124 cm³/mol. The van der Waals surface area contributed by atoms with Gasteiger partial charge in [0.1, 0.15) is 5.76 Å². The molecule has 0 saturated heterocycles. The lowest BCUT2D eigenvalue weighted by Gasteiger charge is -2.10. The number of nitro groups is 1. The van der Waals surface area contributed by atoms with Gasteiger partial charge in [-0.3, -0.25) is 14.9 Å². The van der Waals surface area contributed by atoms with Crippen molar-refractivity contribution in [1.29, 1.82) is 0 Å². The van der Waals surface area contributed by atoms with Crippen LogP contribution in [0.4, 0.5) is 5.69 Å². The Labute approximate surface area is 194 Å². The number of benzene rings is 2. The molecule has 0 aliphatic carbocycles. The van der Waals surface area contributed by atoms with Crippen LogP contribution in [0.2, 0.25) is 0 Å². The highest BCUT2D eigenvalue weighted by Gasteiger charge is 2.17. The van der Waals surface area contributed by atoms with E-state index in [1.807, 2.05) is 35.8 Å². The summed E-state index contributed by atoms with van der Waals surface area (Å²) in [6.45, 7) is 2.93. The average Bonchev–Trinajstić information content (AvgIpc) is 3.51. The first-order valence-electron chi connectivity index (χ1n) is 10.3. The maximum Gasteiger partial charge on any atom is 0.269 e. The van der Waals surface area contributed by atoms with Gasteiger partial charge in [-0.2, -0.15) is 0 Å². The molecule has 0 aliphatic rings. The van der Waals surface area contributed by atoms with Crippen molar-refractivity contribution in [3.05, 3.63) is 93.9 Å². The molecule has 33 heavy (non-hydrogen) atoms. The Morgan fingerprint density at radius 3 is 2.61 bits per heavy atom. The van der Waals surface area contributed by atoms with Crippen molar-refractivity contribution in [2.24, 2.45) is 0 Å². The van der Waals surface area contributed by atoms with Gasteiger partial charge in [-0.1, -0.05) is 30.0 Å². The van der Waals surface area contributed by atoms with E-state index in [9.17, 15) is 14.9 Å². The first-order chi connectivity index (χ1) is 16.1. The number of amides is 1. The monoisotopic (exact) mass is 463 g/mol. The van der Waals surface area contributed by atoms with E-state index in [-0.39, 0.29) is 11.6 Å². The van der Waals surface area contributed by atoms with Crippen molar-refractivity contribution in [2.45, 2.75) is 30.9 Å². The zero-order valence-corrected chi connectivity index (χ0v) is 18.6. The molecular formula is C23H21N5O4S. The smallest absolute Gasteiger partial charge is 0.269 e. The van der Waals surface area contributed by atoms with Gasteiger partial charge in [0.15, 0.2) is 11.0 Å². The largest absolute Gasteiger partial charge is 0.467 e. The standard InChI is InChI=1S/C23H21N5O4S/c1-2-27-21(16-9-11-18(12-10-16)28(30)31)25-26-23(27)33-15-17-6-3-4-8-20(17)22(29)24-14-19-7-5-13-32-19/h3-13H,2,14-15H2,1H3,(H,24,29). The number of nitrogens with one attached hydrogen (secondary N) is 1. The fraction of sp³-hybridized carbons (Fsp3) is 0.174. The maximum absolute atomic E-state index is 12.7. The highest BCUT2D eigenvalue weighted by Crippen LogP contribution is 2.28. The summed E-state index contributed by atoms with van der Waals surface area (Å²) >= 11 is 1.48. The molecule has 0 spiro atoms. The number of furan rings is 1. The summed E-state index contributed by atoms with van der Waals surface area (Å²) in [6.07, 6.45) is 1.57. The quantitative estimate of drug-likeness (QED) is 0.217. The van der Waals surface area contributed by atoms with Gasteiger partial charge in [0.25, 0.3) is 11.6 Å². The second-order valence-corrected chi connectivity index (χ2v) is 8.00. The van der Waals surface area contributed by atoms with Gasteiger partial charge in [-0.15, -0.1) is 10.2 Å². The number of nitro benzene ring substituents is 1. The first kappa shape index (κ1) is 22.3. The van der Waals surface area contributed by atoms with Gasteiger partial charge in [0.2, 0.25) is 0 Å². The van der Waals surface area contributed by atoms with E-state index >= 15 is 0 Å². The summed E-state index contributed by atoms with van der Waals surface area (Å²) in [5.41, 5.74) is 2.24. The van der Waals surface area contributed by atoms with Crippen molar-refractivity contribution in [3.63, 3.8) is 0 Å². The molecule has 0 bridgehead atoms. The fourth-order valence-corrected chi connectivity index (χ4v) is 4.32. The number of carbonyl (C=O) groups is 1. The molecule has 1 N–H and O–H groups in total. The Kier molecular flexibility index (Phi) is 6.84. The van der Waals surface area contributed by atoms with Crippen LogP contribution in [0.5, 0.6) is 0 Å². The van der Waals surface area contributed by atoms with Gasteiger partial charge in [-0.25, -0.2) is 0 Å². The lowest BCUT2D eigenvalue weighted by Crippen LogP contribution is -2.23. The summed E-state index contributed by atoms with van der Waals surface area (Å²) in [4.78, 5) is 23.2. The van der Waals surface area contributed by atoms with Gasteiger partial charge in [-0.05, 0) is 42.8 Å². The lowest BCUT2D eigenvalue weighted by molar-refractivity contribution is -0.384. The third-order valence-corrected chi connectivity index (χ3v) is 6.01. The van der Waals surface area contributed by atoms with Gasteiger partial charge >= 0.3 is 0 Å². The molecule has 0 unspecified atom stereocenters. The van der Waals surface area contributed by atoms with Crippen LogP contribution in [-0.2, 0) is 18.8 Å². The molecule has 4 rings (SSSR count). The van der Waals surface area contributed by atoms with E-state index in [0.29, 0.717) is 41.1 Å². The van der Waals surface area contributed by atoms with Crippen molar-refractivity contribution in [1.82, 2.24) is 20.1 Å². The second kappa shape index (κ2) is 10.1. The summed E-state index contributed by atoms with van der Waals surface area (Å²) in [7, 11) is 0. The SMILES string of the molecule is CCn1c(SCc2ccccc2C(=O)NCc2ccco2)nnc1-c1ccc([N+](=O)[O-])cc1. The van der Waals surface area contributed by atoms with E-state index in [1.54, 1.807) is 30.5 Å². The van der Waals surface area contributed by atoms with Crippen molar-refractivity contribution >= 4 is 23.4 Å². The van der Waals surface area contributed by atoms with Crippen LogP contribution < -0.4 is 5.32 Å². The van der Waals surface area contributed by atoms with Gasteiger partial charge in [0.05, 0.1) is 17.7 Å². The highest BCUT2D eigenvalue weighted by molar-refractivity contribution is 7.98. The molecule has 0 aliphatic heterocycles. The number of aromatic nitrogens is 3. The van der Waals surface area contributed by atoms with Crippen LogP contribution in [-0.4, -0.2) is 25.6 Å². The molecular weight excluding hydrogens is 442 g/mol. The number of rotatable bonds is 9. The molecule has 0 radical (unpaired) electrons. The van der Waals surface area contributed by atoms with Crippen LogP contribution in [0, 0.1) is 10.1 Å². The van der Waals surface area contributed by atoms with Crippen LogP contribution in [0.3, 0.4) is 0 Å². The maximum atomic E-state index is 12.7. The molecule has 0 saturated carbocycles. The summed E-state index contributed by atoms with van der Waals surface area (Å²) in [6, 6.07) is 17.3. The van der Waals surface area contributed by atoms with E-state index in [4.69, 9.17) is 4.42 Å². The predicted octanol–water partition coefficient (Wildman–Crippen LogP) is 4.69. The minimum atomic E-state index is -0.433. The van der Waals surface area contributed by atoms with Gasteiger partial charge in [0, 0.05) is 35.6 Å². The molecule has 0 atom stereocenters. The molecule has 2 heterocycles. The summed E-state index contributed by atoms with van der Waals surface area (Å²) < 4.78 is 7.22. The van der Waals surface area contributed by atoms with Crippen molar-refractivity contribution in [3.8, 4) is 11.4 Å². The fourth-order valence-electron chi connectivity index (χ4n) is 3.31. The second-order valence-electron chi connectivity index (χ2n) is 7.06. The third-order valence-electron chi connectivity index (χ3n) is 4.99. The summed E-state index contributed by atoms with van der Waals surface area (Å²) in [5, 5.41) is 23.1. The van der Waals surface area contributed by atoms with Crippen LogP contribution in [0.1, 0.15) is 28.6 Å². The molecule has 9 nitrogen and oxygen atoms in total. The third kappa shape index (κ3) is 5.12. The number of hydrogen-bond donors (Lipinski definition) is 1. The Hall–Kier alpha value is -3.92. The normalized spacial score (nSPS) is 10.8. The number of hydrogen-bond acceptors (Lipinski definition) is 7. The molecule has 0 fully saturated rings. The number of thioether (sulfide) groups is 1. The number of non-ortho nitro benzene ring substituents is 1. The first-order valence-corrected chi connectivity index (χ1v) is 11.2. The molecule has 1 amide bonds.